The molecule has 0 amide bonds. The molecule has 1 aromatic carbocycles. The fourth-order valence-corrected chi connectivity index (χ4v) is 1.38. The van der Waals surface area contributed by atoms with Crippen LogP contribution >= 0.6 is 11.6 Å². The van der Waals surface area contributed by atoms with Crippen LogP contribution in [0, 0.1) is 0 Å². The van der Waals surface area contributed by atoms with Gasteiger partial charge in [-0.3, -0.25) is 4.79 Å². The van der Waals surface area contributed by atoms with Crippen LogP contribution in [-0.4, -0.2) is 11.4 Å². The van der Waals surface area contributed by atoms with E-state index in [4.69, 9.17) is 16.1 Å². The number of hydrogen-bond acceptors (Lipinski definition) is 3. The number of nitrogens with zero attached hydrogens (tertiary/aromatic N) is 1. The molecule has 0 aliphatic rings. The molecule has 1 heterocycles. The summed E-state index contributed by atoms with van der Waals surface area (Å²) in [7, 11) is 0. The summed E-state index contributed by atoms with van der Waals surface area (Å²) in [5, 5.41) is 4.29. The molecule has 0 spiro atoms. The Kier molecular flexibility index (Phi) is 2.33. The van der Waals surface area contributed by atoms with Crippen molar-refractivity contribution in [2.24, 2.45) is 0 Å². The minimum Gasteiger partial charge on any atom is -0.364 e. The Morgan fingerprint density at radius 2 is 2.21 bits per heavy atom. The molecule has 0 N–H and O–H groups in total. The molecule has 0 atom stereocenters. The first kappa shape index (κ1) is 8.97. The van der Waals surface area contributed by atoms with E-state index in [0.29, 0.717) is 21.8 Å². The van der Waals surface area contributed by atoms with E-state index >= 15 is 0 Å². The largest absolute Gasteiger partial charge is 0.364 e. The Morgan fingerprint density at radius 3 is 2.86 bits per heavy atom. The molecule has 0 aliphatic heterocycles. The number of benzene rings is 1. The van der Waals surface area contributed by atoms with Crippen molar-refractivity contribution < 1.29 is 9.32 Å². The Hall–Kier alpha value is -1.61. The second-order valence-electron chi connectivity index (χ2n) is 2.74. The number of aromatic nitrogens is 1. The average Bonchev–Trinajstić information content (AvgIpc) is 2.71. The van der Waals surface area contributed by atoms with Crippen LogP contribution in [0.2, 0.25) is 5.02 Å². The first-order valence-corrected chi connectivity index (χ1v) is 4.34. The third kappa shape index (κ3) is 1.54. The maximum absolute atomic E-state index is 10.6. The summed E-state index contributed by atoms with van der Waals surface area (Å²) in [5.74, 6) is 0. The second kappa shape index (κ2) is 3.64. The van der Waals surface area contributed by atoms with Crippen molar-refractivity contribution in [2.75, 3.05) is 0 Å². The molecule has 3 nitrogen and oxygen atoms in total. The van der Waals surface area contributed by atoms with Gasteiger partial charge < -0.3 is 4.52 Å². The molecule has 70 valence electrons. The van der Waals surface area contributed by atoms with E-state index < -0.39 is 0 Å². The van der Waals surface area contributed by atoms with Gasteiger partial charge in [-0.15, -0.1) is 0 Å². The fraction of sp³-hybridized carbons (Fsp3) is 0. The Balaban J connectivity index is 2.57. The Morgan fingerprint density at radius 1 is 1.36 bits per heavy atom. The highest BCUT2D eigenvalue weighted by Crippen LogP contribution is 2.26. The molecule has 14 heavy (non-hydrogen) atoms. The fourth-order valence-electron chi connectivity index (χ4n) is 1.16. The highest BCUT2D eigenvalue weighted by Gasteiger charge is 2.06. The van der Waals surface area contributed by atoms with E-state index in [2.05, 4.69) is 5.16 Å². The van der Waals surface area contributed by atoms with Gasteiger partial charge in [0.15, 0.2) is 0 Å². The van der Waals surface area contributed by atoms with Crippen LogP contribution < -0.4 is 0 Å². The molecular formula is C10H6ClNO2. The Labute approximate surface area is 85.3 Å². The summed E-state index contributed by atoms with van der Waals surface area (Å²) in [4.78, 5) is 10.6. The number of carbonyl (C=O) groups is 1. The predicted octanol–water partition coefficient (Wildman–Crippen LogP) is 2.81. The third-order valence-electron chi connectivity index (χ3n) is 1.84. The van der Waals surface area contributed by atoms with Crippen molar-refractivity contribution in [3.8, 4) is 11.3 Å². The number of rotatable bonds is 2. The predicted molar refractivity (Wildman–Crippen MR) is 52.3 cm³/mol. The van der Waals surface area contributed by atoms with E-state index in [1.54, 1.807) is 24.3 Å². The first-order valence-electron chi connectivity index (χ1n) is 3.97. The monoisotopic (exact) mass is 207 g/mol. The summed E-state index contributed by atoms with van der Waals surface area (Å²) >= 11 is 5.95. The lowest BCUT2D eigenvalue weighted by Crippen LogP contribution is -1.84. The van der Waals surface area contributed by atoms with Gasteiger partial charge in [0.05, 0.1) is 5.02 Å². The highest BCUT2D eigenvalue weighted by molar-refractivity contribution is 6.33. The Bertz CT molecular complexity index is 451. The molecule has 2 aromatic rings. The number of hydrogen-bond donors (Lipinski definition) is 0. The summed E-state index contributed by atoms with van der Waals surface area (Å²) in [6.45, 7) is 0. The van der Waals surface area contributed by atoms with Gasteiger partial charge in [-0.2, -0.15) is 0 Å². The molecule has 0 aliphatic carbocycles. The molecular weight excluding hydrogens is 202 g/mol. The van der Waals surface area contributed by atoms with Crippen molar-refractivity contribution in [1.82, 2.24) is 5.16 Å². The number of aldehydes is 1. The van der Waals surface area contributed by atoms with Crippen LogP contribution in [0.1, 0.15) is 10.4 Å². The van der Waals surface area contributed by atoms with Crippen LogP contribution in [0.5, 0.6) is 0 Å². The zero-order chi connectivity index (χ0) is 9.97. The van der Waals surface area contributed by atoms with Crippen molar-refractivity contribution in [3.05, 3.63) is 41.1 Å². The van der Waals surface area contributed by atoms with E-state index in [9.17, 15) is 4.79 Å². The smallest absolute Gasteiger partial charge is 0.150 e. The van der Waals surface area contributed by atoms with Gasteiger partial charge in [-0.1, -0.05) is 22.8 Å². The molecule has 0 saturated heterocycles. The first-order chi connectivity index (χ1) is 6.81. The molecule has 4 heteroatoms. The summed E-state index contributed by atoms with van der Waals surface area (Å²) in [5.41, 5.74) is 1.89. The summed E-state index contributed by atoms with van der Waals surface area (Å²) in [6, 6.07) is 6.68. The topological polar surface area (TPSA) is 43.1 Å². The molecule has 0 radical (unpaired) electrons. The van der Waals surface area contributed by atoms with E-state index in [1.807, 2.05) is 0 Å². The number of halogens is 1. The van der Waals surface area contributed by atoms with Crippen LogP contribution in [-0.2, 0) is 0 Å². The van der Waals surface area contributed by atoms with Gasteiger partial charge in [0, 0.05) is 17.2 Å². The van der Waals surface area contributed by atoms with Crippen molar-refractivity contribution in [2.45, 2.75) is 0 Å². The van der Waals surface area contributed by atoms with Gasteiger partial charge in [0.25, 0.3) is 0 Å². The normalized spacial score (nSPS) is 10.1. The van der Waals surface area contributed by atoms with Crippen molar-refractivity contribution >= 4 is 17.9 Å². The van der Waals surface area contributed by atoms with Gasteiger partial charge in [-0.05, 0) is 12.1 Å². The molecule has 0 unspecified atom stereocenters. The highest BCUT2D eigenvalue weighted by atomic mass is 35.5. The standard InChI is InChI=1S/C10H6ClNO2/c11-9-2-1-7(6-13)5-8(9)10-3-4-14-12-10/h1-6H. The lowest BCUT2D eigenvalue weighted by molar-refractivity contribution is 0.112. The molecule has 1 aromatic heterocycles. The molecule has 0 saturated carbocycles. The van der Waals surface area contributed by atoms with Gasteiger partial charge in [0.2, 0.25) is 0 Å². The maximum Gasteiger partial charge on any atom is 0.150 e. The minimum absolute atomic E-state index is 0.546. The van der Waals surface area contributed by atoms with E-state index in [-0.39, 0.29) is 0 Å². The van der Waals surface area contributed by atoms with Crippen molar-refractivity contribution in [1.29, 1.82) is 0 Å². The molecule has 0 bridgehead atoms. The minimum atomic E-state index is 0.546. The van der Waals surface area contributed by atoms with Gasteiger partial charge in [0.1, 0.15) is 18.2 Å². The molecule has 0 fully saturated rings. The van der Waals surface area contributed by atoms with Crippen LogP contribution in [0.4, 0.5) is 0 Å². The van der Waals surface area contributed by atoms with Crippen LogP contribution in [0.3, 0.4) is 0 Å². The van der Waals surface area contributed by atoms with Gasteiger partial charge in [-0.25, -0.2) is 0 Å². The zero-order valence-corrected chi connectivity index (χ0v) is 7.86. The van der Waals surface area contributed by atoms with Crippen molar-refractivity contribution in [3.63, 3.8) is 0 Å². The van der Waals surface area contributed by atoms with Crippen LogP contribution in [0.25, 0.3) is 11.3 Å². The van der Waals surface area contributed by atoms with E-state index in [0.717, 1.165) is 6.29 Å². The average molecular weight is 208 g/mol. The van der Waals surface area contributed by atoms with Crippen LogP contribution in [0.15, 0.2) is 35.1 Å². The van der Waals surface area contributed by atoms with E-state index in [1.165, 1.54) is 6.26 Å². The maximum atomic E-state index is 10.6. The summed E-state index contributed by atoms with van der Waals surface area (Å²) in [6.07, 6.45) is 2.22. The summed E-state index contributed by atoms with van der Waals surface area (Å²) < 4.78 is 4.70. The lowest BCUT2D eigenvalue weighted by Gasteiger charge is -1.99. The third-order valence-corrected chi connectivity index (χ3v) is 2.17. The lowest BCUT2D eigenvalue weighted by atomic mass is 10.1. The molecule has 2 rings (SSSR count). The zero-order valence-electron chi connectivity index (χ0n) is 7.11. The quantitative estimate of drug-likeness (QED) is 0.712. The number of carbonyl (C=O) groups excluding carboxylic acids is 1. The van der Waals surface area contributed by atoms with Gasteiger partial charge >= 0.3 is 0 Å². The second-order valence-corrected chi connectivity index (χ2v) is 3.15. The SMILES string of the molecule is O=Cc1ccc(Cl)c(-c2ccon2)c1.